The summed E-state index contributed by atoms with van der Waals surface area (Å²) in [6.07, 6.45) is 1.81. The van der Waals surface area contributed by atoms with Crippen LogP contribution in [0.3, 0.4) is 0 Å². The summed E-state index contributed by atoms with van der Waals surface area (Å²) in [5.41, 5.74) is 2.97. The van der Waals surface area contributed by atoms with E-state index < -0.39 is 0 Å². The number of carbonyl (C=O) groups is 1. The molecule has 20 heavy (non-hydrogen) atoms. The highest BCUT2D eigenvalue weighted by Gasteiger charge is 2.06. The van der Waals surface area contributed by atoms with Gasteiger partial charge < -0.3 is 10.6 Å². The summed E-state index contributed by atoms with van der Waals surface area (Å²) in [5, 5.41) is 10.1. The molecule has 1 heterocycles. The zero-order valence-corrected chi connectivity index (χ0v) is 13.1. The third kappa shape index (κ3) is 3.68. The Hall–Kier alpha value is -1.66. The lowest BCUT2D eigenvalue weighted by Crippen LogP contribution is -2.28. The maximum Gasteiger partial charge on any atom is 0.238 e. The van der Waals surface area contributed by atoms with Gasteiger partial charge in [-0.05, 0) is 35.0 Å². The Morgan fingerprint density at radius 2 is 2.15 bits per heavy atom. The summed E-state index contributed by atoms with van der Waals surface area (Å²) in [6, 6.07) is 7.53. The van der Waals surface area contributed by atoms with Crippen LogP contribution < -0.4 is 10.6 Å². The minimum Gasteiger partial charge on any atom is -0.324 e. The first-order valence-corrected chi connectivity index (χ1v) is 7.10. The van der Waals surface area contributed by atoms with Crippen molar-refractivity contribution in [2.45, 2.75) is 13.5 Å². The van der Waals surface area contributed by atoms with Crippen molar-refractivity contribution in [2.75, 3.05) is 11.9 Å². The minimum absolute atomic E-state index is 0.0709. The maximum absolute atomic E-state index is 11.8. The fourth-order valence-corrected chi connectivity index (χ4v) is 2.17. The number of hydrogen-bond acceptors (Lipinski definition) is 3. The molecule has 0 spiro atoms. The average molecular weight is 337 g/mol. The third-order valence-electron chi connectivity index (χ3n) is 3.09. The summed E-state index contributed by atoms with van der Waals surface area (Å²) >= 11 is 3.40. The lowest BCUT2D eigenvalue weighted by Gasteiger charge is -2.08. The number of halogens is 1. The summed E-state index contributed by atoms with van der Waals surface area (Å²) < 4.78 is 2.69. The predicted octanol–water partition coefficient (Wildman–Crippen LogP) is 2.22. The van der Waals surface area contributed by atoms with E-state index in [1.54, 1.807) is 0 Å². The zero-order valence-electron chi connectivity index (χ0n) is 11.5. The SMILES string of the molecule is Cc1c(CNCC(=O)Nc2ccccc2Br)cnn1C. The van der Waals surface area contributed by atoms with E-state index in [9.17, 15) is 4.79 Å². The Kier molecular flexibility index (Phi) is 4.92. The molecule has 2 N–H and O–H groups in total. The van der Waals surface area contributed by atoms with Gasteiger partial charge in [0.25, 0.3) is 0 Å². The molecule has 0 radical (unpaired) electrons. The molecule has 106 valence electrons. The summed E-state index contributed by atoms with van der Waals surface area (Å²) in [4.78, 5) is 11.8. The van der Waals surface area contributed by atoms with Crippen molar-refractivity contribution in [3.8, 4) is 0 Å². The molecule has 2 rings (SSSR count). The molecule has 0 aliphatic carbocycles. The van der Waals surface area contributed by atoms with Gasteiger partial charge in [-0.3, -0.25) is 9.48 Å². The van der Waals surface area contributed by atoms with Crippen molar-refractivity contribution in [3.63, 3.8) is 0 Å². The Morgan fingerprint density at radius 3 is 2.80 bits per heavy atom. The Morgan fingerprint density at radius 1 is 1.40 bits per heavy atom. The van der Waals surface area contributed by atoms with E-state index in [0.29, 0.717) is 6.54 Å². The lowest BCUT2D eigenvalue weighted by molar-refractivity contribution is -0.115. The average Bonchev–Trinajstić information content (AvgIpc) is 2.73. The number of para-hydroxylation sites is 1. The second-order valence-corrected chi connectivity index (χ2v) is 5.36. The van der Waals surface area contributed by atoms with Crippen LogP contribution in [0, 0.1) is 6.92 Å². The van der Waals surface area contributed by atoms with Crippen LogP contribution >= 0.6 is 15.9 Å². The van der Waals surface area contributed by atoms with Gasteiger partial charge in [-0.2, -0.15) is 5.10 Å². The van der Waals surface area contributed by atoms with Crippen LogP contribution in [0.2, 0.25) is 0 Å². The van der Waals surface area contributed by atoms with E-state index in [1.165, 1.54) is 0 Å². The number of hydrogen-bond donors (Lipinski definition) is 2. The van der Waals surface area contributed by atoms with Crippen LogP contribution in [0.4, 0.5) is 5.69 Å². The van der Waals surface area contributed by atoms with Crippen molar-refractivity contribution >= 4 is 27.5 Å². The highest BCUT2D eigenvalue weighted by Crippen LogP contribution is 2.20. The van der Waals surface area contributed by atoms with Gasteiger partial charge in [0.05, 0.1) is 18.4 Å². The summed E-state index contributed by atoms with van der Waals surface area (Å²) in [5.74, 6) is -0.0709. The third-order valence-corrected chi connectivity index (χ3v) is 3.78. The molecule has 0 aliphatic heterocycles. The maximum atomic E-state index is 11.8. The molecule has 0 saturated heterocycles. The molecule has 2 aromatic rings. The van der Waals surface area contributed by atoms with Gasteiger partial charge >= 0.3 is 0 Å². The van der Waals surface area contributed by atoms with Crippen LogP contribution in [0.25, 0.3) is 0 Å². The van der Waals surface area contributed by atoms with E-state index in [4.69, 9.17) is 0 Å². The van der Waals surface area contributed by atoms with Crippen molar-refractivity contribution in [1.29, 1.82) is 0 Å². The number of amides is 1. The molecule has 5 nitrogen and oxygen atoms in total. The largest absolute Gasteiger partial charge is 0.324 e. The minimum atomic E-state index is -0.0709. The first-order valence-electron chi connectivity index (χ1n) is 6.30. The molecule has 0 atom stereocenters. The van der Waals surface area contributed by atoms with Crippen LogP contribution in [0.1, 0.15) is 11.3 Å². The monoisotopic (exact) mass is 336 g/mol. The molecule has 1 aromatic heterocycles. The predicted molar refractivity (Wildman–Crippen MR) is 82.4 cm³/mol. The second kappa shape index (κ2) is 6.67. The summed E-state index contributed by atoms with van der Waals surface area (Å²) in [6.45, 7) is 2.89. The number of nitrogens with one attached hydrogen (secondary N) is 2. The standard InChI is InChI=1S/C14H17BrN4O/c1-10-11(8-17-19(10)2)7-16-9-14(20)18-13-6-4-3-5-12(13)15/h3-6,8,16H,7,9H2,1-2H3,(H,18,20). The van der Waals surface area contributed by atoms with Gasteiger partial charge in [0.1, 0.15) is 0 Å². The normalized spacial score (nSPS) is 10.6. The van der Waals surface area contributed by atoms with Gasteiger partial charge in [-0.1, -0.05) is 12.1 Å². The molecule has 0 aliphatic rings. The molecule has 6 heteroatoms. The fourth-order valence-electron chi connectivity index (χ4n) is 1.79. The lowest BCUT2D eigenvalue weighted by atomic mass is 10.2. The van der Waals surface area contributed by atoms with Gasteiger partial charge in [-0.15, -0.1) is 0 Å². The van der Waals surface area contributed by atoms with Crippen molar-refractivity contribution in [3.05, 3.63) is 46.2 Å². The van der Waals surface area contributed by atoms with Crippen molar-refractivity contribution in [1.82, 2.24) is 15.1 Å². The summed E-state index contributed by atoms with van der Waals surface area (Å²) in [7, 11) is 1.90. The van der Waals surface area contributed by atoms with Crippen LogP contribution in [-0.2, 0) is 18.4 Å². The number of anilines is 1. The van der Waals surface area contributed by atoms with E-state index in [2.05, 4.69) is 31.7 Å². The molecule has 0 saturated carbocycles. The molecular weight excluding hydrogens is 320 g/mol. The molecule has 0 fully saturated rings. The number of aryl methyl sites for hydroxylation is 1. The van der Waals surface area contributed by atoms with Gasteiger partial charge in [0.2, 0.25) is 5.91 Å². The smallest absolute Gasteiger partial charge is 0.238 e. The topological polar surface area (TPSA) is 59.0 Å². The Balaban J connectivity index is 1.81. The van der Waals surface area contributed by atoms with Crippen LogP contribution in [0.15, 0.2) is 34.9 Å². The van der Waals surface area contributed by atoms with E-state index in [-0.39, 0.29) is 12.5 Å². The van der Waals surface area contributed by atoms with Gasteiger partial charge in [0, 0.05) is 29.3 Å². The van der Waals surface area contributed by atoms with Gasteiger partial charge in [-0.25, -0.2) is 0 Å². The number of aromatic nitrogens is 2. The first-order chi connectivity index (χ1) is 9.58. The number of benzene rings is 1. The molecular formula is C14H17BrN4O. The highest BCUT2D eigenvalue weighted by molar-refractivity contribution is 9.10. The van der Waals surface area contributed by atoms with Crippen LogP contribution in [0.5, 0.6) is 0 Å². The van der Waals surface area contributed by atoms with Crippen molar-refractivity contribution < 1.29 is 4.79 Å². The number of rotatable bonds is 5. The van der Waals surface area contributed by atoms with E-state index >= 15 is 0 Å². The van der Waals surface area contributed by atoms with E-state index in [1.807, 2.05) is 49.1 Å². The van der Waals surface area contributed by atoms with Gasteiger partial charge in [0.15, 0.2) is 0 Å². The highest BCUT2D eigenvalue weighted by atomic mass is 79.9. The first kappa shape index (κ1) is 14.7. The Bertz CT molecular complexity index is 609. The Labute approximate surface area is 126 Å². The quantitative estimate of drug-likeness (QED) is 0.880. The molecule has 0 unspecified atom stereocenters. The van der Waals surface area contributed by atoms with Crippen molar-refractivity contribution in [2.24, 2.45) is 7.05 Å². The molecule has 0 bridgehead atoms. The molecule has 1 amide bonds. The zero-order chi connectivity index (χ0) is 14.5. The molecule has 1 aromatic carbocycles. The van der Waals surface area contributed by atoms with E-state index in [0.717, 1.165) is 21.4 Å². The number of carbonyl (C=O) groups excluding carboxylic acids is 1. The fraction of sp³-hybridized carbons (Fsp3) is 0.286. The second-order valence-electron chi connectivity index (χ2n) is 4.51. The van der Waals surface area contributed by atoms with Crippen LogP contribution in [-0.4, -0.2) is 22.2 Å². The number of nitrogens with zero attached hydrogens (tertiary/aromatic N) is 2.